The molecule has 10 nitrogen and oxygen atoms in total. The number of rotatable bonds is 6. The quantitative estimate of drug-likeness (QED) is 0.526. The second kappa shape index (κ2) is 12.1. The first kappa shape index (κ1) is 28.5. The highest BCUT2D eigenvalue weighted by Crippen LogP contribution is 2.44. The molecule has 0 spiro atoms. The van der Waals surface area contributed by atoms with Crippen molar-refractivity contribution in [3.63, 3.8) is 0 Å². The number of hydrogen-bond acceptors (Lipinski definition) is 9. The number of carbonyl (C=O) groups excluding carboxylic acids is 3. The first-order chi connectivity index (χ1) is 19.3. The van der Waals surface area contributed by atoms with Gasteiger partial charge in [-0.2, -0.15) is 5.26 Å². The van der Waals surface area contributed by atoms with Crippen LogP contribution in [0.4, 0.5) is 11.4 Å². The summed E-state index contributed by atoms with van der Waals surface area (Å²) in [5.41, 5.74) is 8.06. The summed E-state index contributed by atoms with van der Waals surface area (Å²) in [7, 11) is 2.39. The molecule has 0 radical (unpaired) electrons. The van der Waals surface area contributed by atoms with Crippen molar-refractivity contribution in [2.75, 3.05) is 50.2 Å². The van der Waals surface area contributed by atoms with Gasteiger partial charge in [0.2, 0.25) is 5.91 Å². The highest BCUT2D eigenvalue weighted by Gasteiger charge is 2.43. The molecule has 11 heteroatoms. The Hall–Kier alpha value is -4.49. The van der Waals surface area contributed by atoms with Crippen molar-refractivity contribution in [3.05, 3.63) is 81.8 Å². The standard InChI is InChI=1S/C29H30ClN5O5/c1-4-23(36)34-14-12-33(13-15-34)22-11-10-19(16-21(22)30)35-26(29(38)40-3)25(28(37)39-2)24(20(17-31)27(35)32)18-8-6-5-7-9-18/h5-11,16,24H,4,12-15,32H2,1-3H3. The number of carbonyl (C=O) groups is 3. The third-order valence-corrected chi connectivity index (χ3v) is 7.38. The lowest BCUT2D eigenvalue weighted by Crippen LogP contribution is -2.48. The van der Waals surface area contributed by atoms with E-state index >= 15 is 0 Å². The van der Waals surface area contributed by atoms with Gasteiger partial charge in [0.15, 0.2) is 0 Å². The summed E-state index contributed by atoms with van der Waals surface area (Å²) in [5, 5.41) is 10.6. The minimum Gasteiger partial charge on any atom is -0.466 e. The molecule has 2 aromatic rings. The lowest BCUT2D eigenvalue weighted by atomic mass is 9.81. The second-order valence-corrected chi connectivity index (χ2v) is 9.60. The first-order valence-electron chi connectivity index (χ1n) is 12.7. The number of nitriles is 1. The number of esters is 2. The summed E-state index contributed by atoms with van der Waals surface area (Å²) in [6.45, 7) is 4.21. The summed E-state index contributed by atoms with van der Waals surface area (Å²) in [6.07, 6.45) is 0.458. The van der Waals surface area contributed by atoms with Gasteiger partial charge < -0.3 is 25.0 Å². The zero-order valence-corrected chi connectivity index (χ0v) is 23.3. The fourth-order valence-corrected chi connectivity index (χ4v) is 5.39. The molecular formula is C29H30ClN5O5. The van der Waals surface area contributed by atoms with Crippen molar-refractivity contribution < 1.29 is 23.9 Å². The smallest absolute Gasteiger partial charge is 0.355 e. The molecule has 0 bridgehead atoms. The number of halogens is 1. The van der Waals surface area contributed by atoms with Crippen molar-refractivity contribution in [1.29, 1.82) is 5.26 Å². The Balaban J connectivity index is 1.82. The maximum Gasteiger partial charge on any atom is 0.355 e. The van der Waals surface area contributed by atoms with E-state index in [1.165, 1.54) is 19.1 Å². The van der Waals surface area contributed by atoms with E-state index < -0.39 is 17.9 Å². The molecule has 1 saturated heterocycles. The zero-order valence-electron chi connectivity index (χ0n) is 22.5. The van der Waals surface area contributed by atoms with Crippen LogP contribution < -0.4 is 15.5 Å². The van der Waals surface area contributed by atoms with Crippen molar-refractivity contribution in [2.45, 2.75) is 19.3 Å². The van der Waals surface area contributed by atoms with Gasteiger partial charge in [0.05, 0.1) is 48.1 Å². The molecule has 2 aliphatic rings. The predicted octanol–water partition coefficient (Wildman–Crippen LogP) is 3.30. The highest BCUT2D eigenvalue weighted by atomic mass is 35.5. The molecule has 1 unspecified atom stereocenters. The van der Waals surface area contributed by atoms with Crippen LogP contribution in [0.1, 0.15) is 24.8 Å². The molecule has 2 N–H and O–H groups in total. The Bertz CT molecular complexity index is 1420. The van der Waals surface area contributed by atoms with Crippen molar-refractivity contribution in [1.82, 2.24) is 4.90 Å². The number of allylic oxidation sites excluding steroid dienone is 1. The average Bonchev–Trinajstić information content (AvgIpc) is 2.99. The Morgan fingerprint density at radius 2 is 1.68 bits per heavy atom. The molecule has 0 aromatic heterocycles. The van der Waals surface area contributed by atoms with Crippen LogP contribution in [0, 0.1) is 11.3 Å². The van der Waals surface area contributed by atoms with Crippen molar-refractivity contribution in [3.8, 4) is 6.07 Å². The average molecular weight is 564 g/mol. The third-order valence-electron chi connectivity index (χ3n) is 7.08. The van der Waals surface area contributed by atoms with Crippen LogP contribution in [0.5, 0.6) is 0 Å². The van der Waals surface area contributed by atoms with E-state index in [0.717, 1.165) is 5.69 Å². The maximum atomic E-state index is 13.2. The molecular weight excluding hydrogens is 534 g/mol. The van der Waals surface area contributed by atoms with Crippen LogP contribution >= 0.6 is 11.6 Å². The molecule has 4 rings (SSSR count). The number of ether oxygens (including phenoxy) is 2. The Kier molecular flexibility index (Phi) is 8.65. The summed E-state index contributed by atoms with van der Waals surface area (Å²) in [6, 6.07) is 16.0. The highest BCUT2D eigenvalue weighted by molar-refractivity contribution is 6.33. The number of methoxy groups -OCH3 is 2. The number of nitrogens with zero attached hydrogens (tertiary/aromatic N) is 4. The van der Waals surface area contributed by atoms with Crippen molar-refractivity contribution in [2.24, 2.45) is 5.73 Å². The summed E-state index contributed by atoms with van der Waals surface area (Å²) >= 11 is 6.74. The Morgan fingerprint density at radius 3 is 2.23 bits per heavy atom. The maximum absolute atomic E-state index is 13.2. The minimum atomic E-state index is -0.958. The minimum absolute atomic E-state index is 0.0417. The van der Waals surface area contributed by atoms with Gasteiger partial charge in [-0.25, -0.2) is 9.59 Å². The van der Waals surface area contributed by atoms with Gasteiger partial charge in [-0.1, -0.05) is 48.9 Å². The molecule has 0 saturated carbocycles. The van der Waals surface area contributed by atoms with Gasteiger partial charge in [-0.05, 0) is 23.8 Å². The predicted molar refractivity (Wildman–Crippen MR) is 150 cm³/mol. The van der Waals surface area contributed by atoms with E-state index in [4.69, 9.17) is 26.8 Å². The van der Waals surface area contributed by atoms with E-state index in [1.807, 2.05) is 11.8 Å². The van der Waals surface area contributed by atoms with E-state index in [0.29, 0.717) is 48.9 Å². The lowest BCUT2D eigenvalue weighted by molar-refractivity contribution is -0.139. The third kappa shape index (κ3) is 5.20. The number of benzene rings is 2. The van der Waals surface area contributed by atoms with Crippen LogP contribution in [0.3, 0.4) is 0 Å². The molecule has 40 heavy (non-hydrogen) atoms. The van der Waals surface area contributed by atoms with Gasteiger partial charge in [0, 0.05) is 38.3 Å². The largest absolute Gasteiger partial charge is 0.466 e. The molecule has 2 heterocycles. The Labute approximate surface area is 237 Å². The van der Waals surface area contributed by atoms with Gasteiger partial charge in [0.25, 0.3) is 0 Å². The van der Waals surface area contributed by atoms with Gasteiger partial charge in [-0.15, -0.1) is 0 Å². The summed E-state index contributed by atoms with van der Waals surface area (Å²) < 4.78 is 10.1. The molecule has 1 fully saturated rings. The van der Waals surface area contributed by atoms with Gasteiger partial charge in [0.1, 0.15) is 11.5 Å². The molecule has 208 valence electrons. The van der Waals surface area contributed by atoms with E-state index in [-0.39, 0.29) is 28.6 Å². The molecule has 0 aliphatic carbocycles. The normalized spacial score (nSPS) is 17.5. The van der Waals surface area contributed by atoms with E-state index in [2.05, 4.69) is 11.0 Å². The van der Waals surface area contributed by atoms with E-state index in [9.17, 15) is 19.6 Å². The van der Waals surface area contributed by atoms with Crippen LogP contribution in [-0.4, -0.2) is 63.1 Å². The fraction of sp³-hybridized carbons (Fsp3) is 0.310. The molecule has 2 aromatic carbocycles. The number of hydrogen-bond donors (Lipinski definition) is 1. The second-order valence-electron chi connectivity index (χ2n) is 9.19. The number of amides is 1. The summed E-state index contributed by atoms with van der Waals surface area (Å²) in [4.78, 5) is 43.7. The summed E-state index contributed by atoms with van der Waals surface area (Å²) in [5.74, 6) is -2.53. The van der Waals surface area contributed by atoms with E-state index in [1.54, 1.807) is 48.5 Å². The SMILES string of the molecule is CCC(=O)N1CCN(c2ccc(N3C(N)=C(C#N)C(c4ccccc4)C(C(=O)OC)=C3C(=O)OC)cc2Cl)CC1. The lowest BCUT2D eigenvalue weighted by Gasteiger charge is -2.38. The number of nitrogens with two attached hydrogens (primary N) is 1. The van der Waals surface area contributed by atoms with Gasteiger partial charge in [-0.3, -0.25) is 9.69 Å². The van der Waals surface area contributed by atoms with Crippen LogP contribution in [0.15, 0.2) is 71.2 Å². The fourth-order valence-electron chi connectivity index (χ4n) is 5.09. The topological polar surface area (TPSA) is 129 Å². The number of anilines is 2. The number of piperazine rings is 1. The molecule has 1 atom stereocenters. The Morgan fingerprint density at radius 1 is 1.02 bits per heavy atom. The van der Waals surface area contributed by atoms with Gasteiger partial charge >= 0.3 is 11.9 Å². The first-order valence-corrected chi connectivity index (χ1v) is 13.1. The van der Waals surface area contributed by atoms with Crippen molar-refractivity contribution >= 4 is 40.8 Å². The zero-order chi connectivity index (χ0) is 29.0. The van der Waals surface area contributed by atoms with Crippen LogP contribution in [0.2, 0.25) is 5.02 Å². The molecule has 1 amide bonds. The van der Waals surface area contributed by atoms with Crippen LogP contribution in [-0.2, 0) is 23.9 Å². The molecule has 2 aliphatic heterocycles. The van der Waals surface area contributed by atoms with Crippen LogP contribution in [0.25, 0.3) is 0 Å². The monoisotopic (exact) mass is 563 g/mol.